The van der Waals surface area contributed by atoms with Crippen molar-refractivity contribution in [3.05, 3.63) is 35.4 Å². The van der Waals surface area contributed by atoms with Crippen LogP contribution < -0.4 is 0 Å². The first-order valence-corrected chi connectivity index (χ1v) is 5.49. The largest absolute Gasteiger partial charge is 0.462 e. The summed E-state index contributed by atoms with van der Waals surface area (Å²) in [6.07, 6.45) is 0. The number of carbonyl (C=O) groups excluding carboxylic acids is 2. The van der Waals surface area contributed by atoms with E-state index in [0.717, 1.165) is 0 Å². The number of hydrogen-bond acceptors (Lipinski definition) is 4. The summed E-state index contributed by atoms with van der Waals surface area (Å²) in [7, 11) is 3.68. The molecule has 0 radical (unpaired) electrons. The van der Waals surface area contributed by atoms with E-state index in [0.29, 0.717) is 24.3 Å². The van der Waals surface area contributed by atoms with Gasteiger partial charge >= 0.3 is 5.97 Å². The van der Waals surface area contributed by atoms with Crippen LogP contribution in [-0.2, 0) is 4.74 Å². The summed E-state index contributed by atoms with van der Waals surface area (Å²) in [5.74, 6) is -0.329. The Labute approximate surface area is 101 Å². The lowest BCUT2D eigenvalue weighted by atomic mass is 10.1. The molecule has 0 N–H and O–H groups in total. The molecule has 0 saturated heterocycles. The van der Waals surface area contributed by atoms with Crippen LogP contribution in [0, 0.1) is 0 Å². The van der Waals surface area contributed by atoms with E-state index >= 15 is 0 Å². The van der Waals surface area contributed by atoms with Crippen molar-refractivity contribution in [1.82, 2.24) is 4.90 Å². The van der Waals surface area contributed by atoms with Crippen LogP contribution in [0.15, 0.2) is 24.3 Å². The van der Waals surface area contributed by atoms with E-state index in [2.05, 4.69) is 0 Å². The smallest absolute Gasteiger partial charge is 0.338 e. The topological polar surface area (TPSA) is 46.6 Å². The maximum absolute atomic E-state index is 11.7. The molecule has 1 aromatic rings. The summed E-state index contributed by atoms with van der Waals surface area (Å²) in [6.45, 7) is 2.46. The lowest BCUT2D eigenvalue weighted by molar-refractivity contribution is 0.0526. The van der Waals surface area contributed by atoms with Gasteiger partial charge in [-0.2, -0.15) is 0 Å². The molecule has 0 aliphatic heterocycles. The van der Waals surface area contributed by atoms with Gasteiger partial charge in [-0.15, -0.1) is 0 Å². The molecule has 0 amide bonds. The highest BCUT2D eigenvalue weighted by molar-refractivity contribution is 5.98. The fourth-order valence-corrected chi connectivity index (χ4v) is 1.39. The second-order valence-corrected chi connectivity index (χ2v) is 3.96. The Morgan fingerprint density at radius 1 is 1.12 bits per heavy atom. The molecule has 0 aliphatic rings. The predicted octanol–water partition coefficient (Wildman–Crippen LogP) is 1.61. The van der Waals surface area contributed by atoms with Gasteiger partial charge in [-0.25, -0.2) is 4.79 Å². The molecule has 0 saturated carbocycles. The van der Waals surface area contributed by atoms with Crippen LogP contribution in [0.5, 0.6) is 0 Å². The van der Waals surface area contributed by atoms with Gasteiger partial charge < -0.3 is 9.64 Å². The van der Waals surface area contributed by atoms with E-state index in [1.54, 1.807) is 31.2 Å². The zero-order valence-corrected chi connectivity index (χ0v) is 10.4. The zero-order chi connectivity index (χ0) is 12.8. The van der Waals surface area contributed by atoms with Crippen molar-refractivity contribution in [2.45, 2.75) is 6.92 Å². The highest BCUT2D eigenvalue weighted by Gasteiger charge is 2.09. The second-order valence-electron chi connectivity index (χ2n) is 3.96. The number of nitrogens with zero attached hydrogens (tertiary/aromatic N) is 1. The quantitative estimate of drug-likeness (QED) is 0.574. The maximum Gasteiger partial charge on any atom is 0.338 e. The van der Waals surface area contributed by atoms with E-state index in [-0.39, 0.29) is 11.8 Å². The fraction of sp³-hybridized carbons (Fsp3) is 0.385. The summed E-state index contributed by atoms with van der Waals surface area (Å²) < 4.78 is 4.86. The normalized spacial score (nSPS) is 10.4. The van der Waals surface area contributed by atoms with E-state index in [4.69, 9.17) is 4.74 Å². The molecule has 0 fully saturated rings. The van der Waals surface area contributed by atoms with Crippen LogP contribution >= 0.6 is 0 Å². The van der Waals surface area contributed by atoms with Crippen molar-refractivity contribution in [3.8, 4) is 0 Å². The highest BCUT2D eigenvalue weighted by Crippen LogP contribution is 2.07. The van der Waals surface area contributed by atoms with Gasteiger partial charge in [-0.1, -0.05) is 12.1 Å². The molecule has 0 heterocycles. The van der Waals surface area contributed by atoms with E-state index in [1.165, 1.54) is 0 Å². The second kappa shape index (κ2) is 6.15. The Morgan fingerprint density at radius 2 is 1.65 bits per heavy atom. The van der Waals surface area contributed by atoms with E-state index < -0.39 is 0 Å². The lowest BCUT2D eigenvalue weighted by Crippen LogP contribution is -2.21. The molecule has 17 heavy (non-hydrogen) atoms. The standard InChI is InChI=1S/C13H17NO3/c1-4-17-13(16)11-7-5-10(6-8-11)12(15)9-14(2)3/h5-8H,4,9H2,1-3H3. The molecule has 0 bridgehead atoms. The zero-order valence-electron chi connectivity index (χ0n) is 10.4. The Bertz CT molecular complexity index is 396. The Balaban J connectivity index is 2.74. The van der Waals surface area contributed by atoms with Gasteiger partial charge in [0.05, 0.1) is 18.7 Å². The Kier molecular flexibility index (Phi) is 4.84. The maximum atomic E-state index is 11.7. The molecule has 0 aliphatic carbocycles. The van der Waals surface area contributed by atoms with Crippen molar-refractivity contribution in [2.75, 3.05) is 27.2 Å². The van der Waals surface area contributed by atoms with Gasteiger partial charge in [0.2, 0.25) is 0 Å². The third-order valence-corrected chi connectivity index (χ3v) is 2.18. The van der Waals surface area contributed by atoms with Gasteiger partial charge in [0.1, 0.15) is 0 Å². The number of likely N-dealkylation sites (N-methyl/N-ethyl adjacent to an activating group) is 1. The summed E-state index contributed by atoms with van der Waals surface area (Å²) in [6, 6.07) is 6.53. The number of rotatable bonds is 5. The Morgan fingerprint density at radius 3 is 2.12 bits per heavy atom. The SMILES string of the molecule is CCOC(=O)c1ccc(C(=O)CN(C)C)cc1. The van der Waals surface area contributed by atoms with Crippen LogP contribution in [0.2, 0.25) is 0 Å². The van der Waals surface area contributed by atoms with Crippen molar-refractivity contribution < 1.29 is 14.3 Å². The predicted molar refractivity (Wildman–Crippen MR) is 65.3 cm³/mol. The summed E-state index contributed by atoms with van der Waals surface area (Å²) in [5.41, 5.74) is 1.07. The highest BCUT2D eigenvalue weighted by atomic mass is 16.5. The van der Waals surface area contributed by atoms with Gasteiger partial charge in [0, 0.05) is 5.56 Å². The number of benzene rings is 1. The molecule has 0 spiro atoms. The number of esters is 1. The van der Waals surface area contributed by atoms with Crippen LogP contribution in [0.25, 0.3) is 0 Å². The monoisotopic (exact) mass is 235 g/mol. The van der Waals surface area contributed by atoms with Gasteiger partial charge in [-0.3, -0.25) is 4.79 Å². The molecule has 0 aromatic heterocycles. The summed E-state index contributed by atoms with van der Waals surface area (Å²) >= 11 is 0. The molecular formula is C13H17NO3. The van der Waals surface area contributed by atoms with Crippen molar-refractivity contribution in [1.29, 1.82) is 0 Å². The van der Waals surface area contributed by atoms with Gasteiger partial charge in [-0.05, 0) is 33.2 Å². The third kappa shape index (κ3) is 4.00. The minimum absolute atomic E-state index is 0.0328. The average molecular weight is 235 g/mol. The van der Waals surface area contributed by atoms with Crippen LogP contribution in [0.4, 0.5) is 0 Å². The molecule has 4 nitrogen and oxygen atoms in total. The van der Waals surface area contributed by atoms with Crippen LogP contribution in [0.3, 0.4) is 0 Å². The van der Waals surface area contributed by atoms with Gasteiger partial charge in [0.15, 0.2) is 5.78 Å². The number of carbonyl (C=O) groups is 2. The first-order chi connectivity index (χ1) is 8.04. The minimum Gasteiger partial charge on any atom is -0.462 e. The molecule has 0 atom stereocenters. The summed E-state index contributed by atoms with van der Waals surface area (Å²) in [4.78, 5) is 24.9. The average Bonchev–Trinajstić information content (AvgIpc) is 2.28. The molecule has 92 valence electrons. The fourth-order valence-electron chi connectivity index (χ4n) is 1.39. The minimum atomic E-state index is -0.362. The molecule has 0 unspecified atom stereocenters. The van der Waals surface area contributed by atoms with Crippen LogP contribution in [-0.4, -0.2) is 43.9 Å². The Hall–Kier alpha value is -1.68. The molecule has 4 heteroatoms. The molecule has 1 rings (SSSR count). The van der Waals surface area contributed by atoms with Crippen molar-refractivity contribution >= 4 is 11.8 Å². The van der Waals surface area contributed by atoms with Crippen molar-refractivity contribution in [2.24, 2.45) is 0 Å². The number of hydrogen-bond donors (Lipinski definition) is 0. The van der Waals surface area contributed by atoms with E-state index in [1.807, 2.05) is 19.0 Å². The van der Waals surface area contributed by atoms with E-state index in [9.17, 15) is 9.59 Å². The van der Waals surface area contributed by atoms with Crippen molar-refractivity contribution in [3.63, 3.8) is 0 Å². The van der Waals surface area contributed by atoms with Crippen LogP contribution in [0.1, 0.15) is 27.6 Å². The molecular weight excluding hydrogens is 218 g/mol. The molecule has 1 aromatic carbocycles. The van der Waals surface area contributed by atoms with Gasteiger partial charge in [0.25, 0.3) is 0 Å². The lowest BCUT2D eigenvalue weighted by Gasteiger charge is -2.08. The number of Topliss-reactive ketones (excluding diaryl/α,β-unsaturated/α-hetero) is 1. The third-order valence-electron chi connectivity index (χ3n) is 2.18. The first-order valence-electron chi connectivity index (χ1n) is 5.49. The number of ether oxygens (including phenoxy) is 1. The number of ketones is 1. The first kappa shape index (κ1) is 13.4. The summed E-state index contributed by atoms with van der Waals surface area (Å²) in [5, 5.41) is 0.